The summed E-state index contributed by atoms with van der Waals surface area (Å²) in [5.41, 5.74) is 3.33. The molecule has 0 amide bonds. The second-order valence-electron chi connectivity index (χ2n) is 9.57. The van der Waals surface area contributed by atoms with Gasteiger partial charge in [0.15, 0.2) is 6.61 Å². The Bertz CT molecular complexity index is 967. The minimum Gasteiger partial charge on any atom is -0.460 e. The number of nitrogens with zero attached hydrogens (tertiary/aromatic N) is 1. The van der Waals surface area contributed by atoms with Crippen LogP contribution in [0.25, 0.3) is 10.9 Å². The van der Waals surface area contributed by atoms with Gasteiger partial charge in [-0.1, -0.05) is 45.4 Å². The number of carbonyl (C=O) groups is 2. The number of ether oxygens (including phenoxy) is 2. The average molecular weight is 424 g/mol. The maximum atomic E-state index is 13.1. The van der Waals surface area contributed by atoms with Crippen molar-refractivity contribution in [2.75, 3.05) is 6.61 Å². The molecule has 5 heteroatoms. The number of aryl methyl sites for hydroxylation is 1. The Kier molecular flexibility index (Phi) is 6.59. The van der Waals surface area contributed by atoms with E-state index in [1.54, 1.807) is 0 Å². The molecule has 1 saturated carbocycles. The van der Waals surface area contributed by atoms with Crippen LogP contribution in [0.2, 0.25) is 0 Å². The van der Waals surface area contributed by atoms with Gasteiger partial charge in [0.05, 0.1) is 11.1 Å². The van der Waals surface area contributed by atoms with E-state index in [-0.39, 0.29) is 12.7 Å². The quantitative estimate of drug-likeness (QED) is 0.613. The summed E-state index contributed by atoms with van der Waals surface area (Å²) in [6.07, 6.45) is 6.84. The molecule has 166 valence electrons. The summed E-state index contributed by atoms with van der Waals surface area (Å²) < 4.78 is 11.3. The average Bonchev–Trinajstić information content (AvgIpc) is 2.75. The zero-order valence-electron chi connectivity index (χ0n) is 18.9. The van der Waals surface area contributed by atoms with Crippen molar-refractivity contribution in [3.05, 3.63) is 41.1 Å². The molecule has 5 nitrogen and oxygen atoms in total. The number of pyridine rings is 1. The Hall–Kier alpha value is -2.43. The fourth-order valence-corrected chi connectivity index (χ4v) is 5.26. The number of fused-ring (bicyclic) bond motifs is 2. The summed E-state index contributed by atoms with van der Waals surface area (Å²) in [7, 11) is 0. The Morgan fingerprint density at radius 3 is 2.71 bits per heavy atom. The highest BCUT2D eigenvalue weighted by Crippen LogP contribution is 2.35. The van der Waals surface area contributed by atoms with Crippen LogP contribution in [0.3, 0.4) is 0 Å². The molecule has 1 aromatic carbocycles. The van der Waals surface area contributed by atoms with Crippen LogP contribution in [0.5, 0.6) is 0 Å². The molecule has 0 spiro atoms. The Morgan fingerprint density at radius 1 is 1.13 bits per heavy atom. The van der Waals surface area contributed by atoms with Crippen LogP contribution >= 0.6 is 0 Å². The molecule has 0 unspecified atom stereocenters. The third kappa shape index (κ3) is 4.76. The van der Waals surface area contributed by atoms with Gasteiger partial charge < -0.3 is 9.47 Å². The van der Waals surface area contributed by atoms with Gasteiger partial charge in [-0.3, -0.25) is 4.98 Å². The zero-order chi connectivity index (χ0) is 22.0. The Morgan fingerprint density at radius 2 is 1.90 bits per heavy atom. The molecule has 0 aliphatic heterocycles. The van der Waals surface area contributed by atoms with Gasteiger partial charge in [-0.05, 0) is 67.9 Å². The first-order valence-corrected chi connectivity index (χ1v) is 11.7. The first kappa shape index (κ1) is 21.8. The fourth-order valence-electron chi connectivity index (χ4n) is 5.26. The molecule has 0 saturated heterocycles. The van der Waals surface area contributed by atoms with Crippen molar-refractivity contribution >= 4 is 22.8 Å². The van der Waals surface area contributed by atoms with Crippen LogP contribution in [0.4, 0.5) is 0 Å². The molecule has 4 rings (SSSR count). The second-order valence-corrected chi connectivity index (χ2v) is 9.57. The van der Waals surface area contributed by atoms with Gasteiger partial charge in [0, 0.05) is 11.1 Å². The van der Waals surface area contributed by atoms with E-state index >= 15 is 0 Å². The molecule has 1 fully saturated rings. The topological polar surface area (TPSA) is 65.5 Å². The van der Waals surface area contributed by atoms with E-state index in [9.17, 15) is 9.59 Å². The van der Waals surface area contributed by atoms with E-state index < -0.39 is 11.9 Å². The summed E-state index contributed by atoms with van der Waals surface area (Å²) in [5.74, 6) is 0.469. The van der Waals surface area contributed by atoms with Gasteiger partial charge >= 0.3 is 11.9 Å². The van der Waals surface area contributed by atoms with E-state index in [1.807, 2.05) is 24.3 Å². The first-order chi connectivity index (χ1) is 14.9. The SMILES string of the molecule is CC(C)[C@H]1CC[C@H](C)C[C@@H]1OC(=O)COC(=O)c1c2c(nc3ccccc13)CCCC2. The first-order valence-electron chi connectivity index (χ1n) is 11.7. The highest BCUT2D eigenvalue weighted by Gasteiger charge is 2.33. The molecule has 2 aliphatic rings. The molecule has 3 atom stereocenters. The maximum Gasteiger partial charge on any atom is 0.344 e. The lowest BCUT2D eigenvalue weighted by Gasteiger charge is -2.36. The molecule has 31 heavy (non-hydrogen) atoms. The smallest absolute Gasteiger partial charge is 0.344 e. The zero-order valence-corrected chi connectivity index (χ0v) is 18.9. The standard InChI is InChI=1S/C26H33NO4/c1-16(2)18-13-12-17(3)14-23(18)31-24(28)15-30-26(29)25-19-8-4-6-10-21(19)27-22-11-7-5-9-20(22)25/h4,6,8,10,16-18,23H,5,7,9,11-15H2,1-3H3/t17-,18+,23-/m0/s1. The molecular weight excluding hydrogens is 390 g/mol. The van der Waals surface area contributed by atoms with E-state index in [1.165, 1.54) is 6.42 Å². The number of aromatic nitrogens is 1. The van der Waals surface area contributed by atoms with Crippen molar-refractivity contribution in [2.24, 2.45) is 17.8 Å². The summed E-state index contributed by atoms with van der Waals surface area (Å²) >= 11 is 0. The van der Waals surface area contributed by atoms with Crippen LogP contribution in [-0.2, 0) is 27.1 Å². The van der Waals surface area contributed by atoms with Crippen LogP contribution in [0.15, 0.2) is 24.3 Å². The van der Waals surface area contributed by atoms with Gasteiger partial charge in [0.1, 0.15) is 6.10 Å². The highest BCUT2D eigenvalue weighted by atomic mass is 16.6. The summed E-state index contributed by atoms with van der Waals surface area (Å²) in [4.78, 5) is 30.4. The van der Waals surface area contributed by atoms with Crippen molar-refractivity contribution < 1.29 is 19.1 Å². The largest absolute Gasteiger partial charge is 0.460 e. The molecule has 0 bridgehead atoms. The lowest BCUT2D eigenvalue weighted by atomic mass is 9.75. The number of carbonyl (C=O) groups excluding carboxylic acids is 2. The van der Waals surface area contributed by atoms with Crippen LogP contribution < -0.4 is 0 Å². The molecule has 2 aromatic rings. The monoisotopic (exact) mass is 423 g/mol. The second kappa shape index (κ2) is 9.37. The van der Waals surface area contributed by atoms with Crippen molar-refractivity contribution in [2.45, 2.75) is 71.8 Å². The lowest BCUT2D eigenvalue weighted by Crippen LogP contribution is -2.36. The van der Waals surface area contributed by atoms with Crippen LogP contribution in [0, 0.1) is 17.8 Å². The summed E-state index contributed by atoms with van der Waals surface area (Å²) in [5, 5.41) is 0.794. The van der Waals surface area contributed by atoms with Crippen molar-refractivity contribution in [3.8, 4) is 0 Å². The lowest BCUT2D eigenvalue weighted by molar-refractivity contribution is -0.159. The molecular formula is C26H33NO4. The predicted molar refractivity (Wildman–Crippen MR) is 120 cm³/mol. The predicted octanol–water partition coefficient (Wildman–Crippen LogP) is 5.27. The molecule has 0 radical (unpaired) electrons. The van der Waals surface area contributed by atoms with E-state index in [2.05, 4.69) is 20.8 Å². The minimum absolute atomic E-state index is 0.0931. The summed E-state index contributed by atoms with van der Waals surface area (Å²) in [6.45, 7) is 6.22. The van der Waals surface area contributed by atoms with Gasteiger partial charge in [-0.25, -0.2) is 9.59 Å². The highest BCUT2D eigenvalue weighted by molar-refractivity contribution is 6.05. The minimum atomic E-state index is -0.453. The number of rotatable bonds is 5. The van der Waals surface area contributed by atoms with Gasteiger partial charge in [0.2, 0.25) is 0 Å². The van der Waals surface area contributed by atoms with Crippen LogP contribution in [0.1, 0.15) is 74.5 Å². The fraction of sp³-hybridized carbons (Fsp3) is 0.577. The molecule has 1 aromatic heterocycles. The van der Waals surface area contributed by atoms with Gasteiger partial charge in [-0.2, -0.15) is 0 Å². The third-order valence-electron chi connectivity index (χ3n) is 6.94. The number of esters is 2. The van der Waals surface area contributed by atoms with Crippen molar-refractivity contribution in [1.82, 2.24) is 4.98 Å². The number of hydrogen-bond acceptors (Lipinski definition) is 5. The van der Waals surface area contributed by atoms with Gasteiger partial charge in [0.25, 0.3) is 0 Å². The third-order valence-corrected chi connectivity index (χ3v) is 6.94. The van der Waals surface area contributed by atoms with Crippen molar-refractivity contribution in [3.63, 3.8) is 0 Å². The Balaban J connectivity index is 1.48. The number of hydrogen-bond donors (Lipinski definition) is 0. The molecule has 0 N–H and O–H groups in total. The van der Waals surface area contributed by atoms with Gasteiger partial charge in [-0.15, -0.1) is 0 Å². The van der Waals surface area contributed by atoms with E-state index in [0.29, 0.717) is 23.3 Å². The number of para-hydroxylation sites is 1. The van der Waals surface area contributed by atoms with Crippen LogP contribution in [-0.4, -0.2) is 29.6 Å². The summed E-state index contributed by atoms with van der Waals surface area (Å²) in [6, 6.07) is 7.66. The Labute approximate surface area is 184 Å². The molecule has 2 aliphatic carbocycles. The molecule has 1 heterocycles. The normalized spacial score (nSPS) is 23.4. The maximum absolute atomic E-state index is 13.1. The number of benzene rings is 1. The van der Waals surface area contributed by atoms with E-state index in [0.717, 1.165) is 60.7 Å². The van der Waals surface area contributed by atoms with Crippen molar-refractivity contribution in [1.29, 1.82) is 0 Å². The van der Waals surface area contributed by atoms with E-state index in [4.69, 9.17) is 14.5 Å².